The van der Waals surface area contributed by atoms with Crippen LogP contribution >= 0.6 is 0 Å². The summed E-state index contributed by atoms with van der Waals surface area (Å²) in [5.74, 6) is -2.66. The van der Waals surface area contributed by atoms with Gasteiger partial charge in [0.05, 0.1) is 5.52 Å². The van der Waals surface area contributed by atoms with Gasteiger partial charge in [-0.05, 0) is 56.4 Å². The molecule has 2 aliphatic rings. The summed E-state index contributed by atoms with van der Waals surface area (Å²) in [6.45, 7) is 3.20. The normalized spacial score (nSPS) is 20.6. The number of piperidine rings is 1. The lowest BCUT2D eigenvalue weighted by molar-refractivity contribution is -0.134. The number of hydrogen-bond donors (Lipinski definition) is 2. The molecule has 2 saturated heterocycles. The third-order valence-corrected chi connectivity index (χ3v) is 7.90. The zero-order valence-corrected chi connectivity index (χ0v) is 21.6. The minimum atomic E-state index is -0.933. The number of nitriles is 1. The van der Waals surface area contributed by atoms with Crippen molar-refractivity contribution in [3.8, 4) is 6.19 Å². The van der Waals surface area contributed by atoms with Crippen molar-refractivity contribution in [3.63, 3.8) is 0 Å². The van der Waals surface area contributed by atoms with E-state index in [1.54, 1.807) is 33.6 Å². The van der Waals surface area contributed by atoms with Crippen LogP contribution in [-0.4, -0.2) is 73.3 Å². The molecule has 12 heteroatoms. The number of imidazole rings is 1. The van der Waals surface area contributed by atoms with Gasteiger partial charge in [-0.15, -0.1) is 0 Å². The van der Waals surface area contributed by atoms with Crippen LogP contribution < -0.4 is 5.69 Å². The number of H-pyrrole nitrogens is 1. The zero-order chi connectivity index (χ0) is 27.7. The lowest BCUT2D eigenvalue weighted by Gasteiger charge is -2.38. The molecule has 0 aliphatic carbocycles. The third-order valence-electron chi connectivity index (χ3n) is 7.90. The van der Waals surface area contributed by atoms with Gasteiger partial charge in [0.15, 0.2) is 23.5 Å². The fraction of sp³-hybridized carbons (Fsp3) is 0.444. The van der Waals surface area contributed by atoms with Gasteiger partial charge in [-0.1, -0.05) is 12.1 Å². The number of carbonyl (C=O) groups is 1. The Bertz CT molecular complexity index is 1490. The minimum Gasteiger partial charge on any atom is -0.342 e. The average Bonchev–Trinajstić information content (AvgIpc) is 3.20. The number of guanidine groups is 1. The molecule has 5 rings (SSSR count). The molecule has 3 aromatic rings. The largest absolute Gasteiger partial charge is 0.342 e. The molecule has 1 amide bonds. The topological polar surface area (TPSA) is 125 Å². The van der Waals surface area contributed by atoms with Crippen molar-refractivity contribution >= 4 is 23.0 Å². The lowest BCUT2D eigenvalue weighted by atomic mass is 9.93. The first-order chi connectivity index (χ1) is 18.8. The molecule has 204 valence electrons. The Morgan fingerprint density at radius 1 is 1.18 bits per heavy atom. The van der Waals surface area contributed by atoms with Crippen LogP contribution in [0, 0.1) is 28.5 Å². The standard InChI is InChI=1S/C27H30F2N8O2/c1-2-34-15-17(19-5-3-6-20(28)23(19)29)8-9-22(25(34)38)36(16-30)26(31)35-13-10-18(11-14-35)37-21-7-4-12-32-24(21)33-27(37)39/h3-7,12,17-18,22,31H,2,8-11,13-15H2,1H3,(H,32,33,39)/t17-,22-/m1/s1. The summed E-state index contributed by atoms with van der Waals surface area (Å²) in [4.78, 5) is 37.5. The van der Waals surface area contributed by atoms with E-state index in [9.17, 15) is 23.6 Å². The van der Waals surface area contributed by atoms with Crippen LogP contribution in [0.3, 0.4) is 0 Å². The van der Waals surface area contributed by atoms with Crippen LogP contribution in [0.4, 0.5) is 8.78 Å². The van der Waals surface area contributed by atoms with Gasteiger partial charge in [-0.3, -0.25) is 19.8 Å². The second kappa shape index (κ2) is 10.8. The number of aromatic amines is 1. The molecule has 0 spiro atoms. The van der Waals surface area contributed by atoms with Crippen molar-refractivity contribution in [3.05, 3.63) is 64.2 Å². The number of amides is 1. The number of halogens is 2. The number of rotatable bonds is 4. The van der Waals surface area contributed by atoms with Crippen LogP contribution in [0.15, 0.2) is 41.3 Å². The number of likely N-dealkylation sites (N-methyl/N-ethyl adjacent to an activating group) is 1. The molecule has 0 radical (unpaired) electrons. The smallest absolute Gasteiger partial charge is 0.327 e. The predicted octanol–water partition coefficient (Wildman–Crippen LogP) is 3.15. The summed E-state index contributed by atoms with van der Waals surface area (Å²) >= 11 is 0. The van der Waals surface area contributed by atoms with E-state index in [2.05, 4.69) is 9.97 Å². The first-order valence-electron chi connectivity index (χ1n) is 13.1. The highest BCUT2D eigenvalue weighted by Crippen LogP contribution is 2.32. The Labute approximate surface area is 224 Å². The molecule has 2 atom stereocenters. The molecule has 1 aromatic carbocycles. The van der Waals surface area contributed by atoms with Gasteiger partial charge in [0.1, 0.15) is 6.04 Å². The van der Waals surface area contributed by atoms with Gasteiger partial charge in [-0.25, -0.2) is 23.5 Å². The van der Waals surface area contributed by atoms with Gasteiger partial charge >= 0.3 is 5.69 Å². The molecular formula is C27H30F2N8O2. The number of nitrogens with zero attached hydrogens (tertiary/aromatic N) is 6. The monoisotopic (exact) mass is 536 g/mol. The maximum absolute atomic E-state index is 14.6. The highest BCUT2D eigenvalue weighted by Gasteiger charge is 2.38. The summed E-state index contributed by atoms with van der Waals surface area (Å²) in [5.41, 5.74) is 1.23. The van der Waals surface area contributed by atoms with Crippen LogP contribution in [-0.2, 0) is 4.79 Å². The molecular weight excluding hydrogens is 506 g/mol. The van der Waals surface area contributed by atoms with Crippen LogP contribution in [0.25, 0.3) is 11.2 Å². The first-order valence-corrected chi connectivity index (χ1v) is 13.1. The number of likely N-dealkylation sites (tertiary alicyclic amines) is 2. The Hall–Kier alpha value is -4.27. The highest BCUT2D eigenvalue weighted by molar-refractivity contribution is 5.89. The summed E-state index contributed by atoms with van der Waals surface area (Å²) in [7, 11) is 0. The number of nitrogens with one attached hydrogen (secondary N) is 2. The fourth-order valence-electron chi connectivity index (χ4n) is 5.83. The van der Waals surface area contributed by atoms with Crippen molar-refractivity contribution in [2.24, 2.45) is 0 Å². The number of hydrogen-bond acceptors (Lipinski definition) is 5. The van der Waals surface area contributed by atoms with E-state index in [0.29, 0.717) is 44.5 Å². The minimum absolute atomic E-state index is 0.0753. The number of carbonyl (C=O) groups excluding carboxylic acids is 1. The van der Waals surface area contributed by atoms with E-state index in [4.69, 9.17) is 5.41 Å². The predicted molar refractivity (Wildman–Crippen MR) is 140 cm³/mol. The number of pyridine rings is 1. The Morgan fingerprint density at radius 2 is 1.95 bits per heavy atom. The maximum Gasteiger partial charge on any atom is 0.327 e. The summed E-state index contributed by atoms with van der Waals surface area (Å²) in [6, 6.07) is 6.66. The second-order valence-electron chi connectivity index (χ2n) is 9.99. The van der Waals surface area contributed by atoms with Crippen molar-refractivity contribution < 1.29 is 13.6 Å². The van der Waals surface area contributed by atoms with Gasteiger partial charge in [0.2, 0.25) is 11.9 Å². The van der Waals surface area contributed by atoms with Crippen molar-refractivity contribution in [1.82, 2.24) is 29.2 Å². The Morgan fingerprint density at radius 3 is 2.67 bits per heavy atom. The number of aromatic nitrogens is 3. The summed E-state index contributed by atoms with van der Waals surface area (Å²) < 4.78 is 30.2. The Balaban J connectivity index is 1.31. The molecule has 39 heavy (non-hydrogen) atoms. The first kappa shape index (κ1) is 26.3. The Kier molecular flexibility index (Phi) is 7.32. The van der Waals surface area contributed by atoms with Gasteiger partial charge in [-0.2, -0.15) is 5.26 Å². The highest BCUT2D eigenvalue weighted by atomic mass is 19.2. The van der Waals surface area contributed by atoms with Crippen molar-refractivity contribution in [2.45, 2.75) is 50.6 Å². The van der Waals surface area contributed by atoms with Crippen LogP contribution in [0.2, 0.25) is 0 Å². The lowest BCUT2D eigenvalue weighted by Crippen LogP contribution is -2.53. The van der Waals surface area contributed by atoms with E-state index in [-0.39, 0.29) is 42.1 Å². The maximum atomic E-state index is 14.6. The molecule has 2 aromatic heterocycles. The van der Waals surface area contributed by atoms with Crippen LogP contribution in [0.5, 0.6) is 0 Å². The molecule has 2 N–H and O–H groups in total. The SMILES string of the molecule is CCN1C[C@H](c2cccc(F)c2F)CC[C@@H](N(C#N)C(=N)N2CCC(n3c(=O)[nH]c4ncccc43)CC2)C1=O. The average molecular weight is 537 g/mol. The number of benzene rings is 1. The molecule has 0 saturated carbocycles. The molecule has 10 nitrogen and oxygen atoms in total. The molecule has 2 aliphatic heterocycles. The second-order valence-corrected chi connectivity index (χ2v) is 9.99. The van der Waals surface area contributed by atoms with E-state index in [1.165, 1.54) is 12.1 Å². The zero-order valence-electron chi connectivity index (χ0n) is 21.6. The van der Waals surface area contributed by atoms with E-state index < -0.39 is 23.6 Å². The third kappa shape index (κ3) is 4.84. The molecule has 0 bridgehead atoms. The van der Waals surface area contributed by atoms with Crippen molar-refractivity contribution in [1.29, 1.82) is 10.7 Å². The fourth-order valence-corrected chi connectivity index (χ4v) is 5.83. The quantitative estimate of drug-likeness (QED) is 0.228. The summed E-state index contributed by atoms with van der Waals surface area (Å²) in [5, 5.41) is 18.9. The summed E-state index contributed by atoms with van der Waals surface area (Å²) in [6.07, 6.45) is 5.38. The van der Waals surface area contributed by atoms with Crippen LogP contribution in [0.1, 0.15) is 50.1 Å². The number of fused-ring (bicyclic) bond motifs is 1. The molecule has 0 unspecified atom stereocenters. The van der Waals surface area contributed by atoms with Gasteiger partial charge in [0, 0.05) is 44.3 Å². The van der Waals surface area contributed by atoms with Gasteiger partial charge < -0.3 is 9.80 Å². The van der Waals surface area contributed by atoms with E-state index in [0.717, 1.165) is 16.5 Å². The van der Waals surface area contributed by atoms with E-state index in [1.807, 2.05) is 12.3 Å². The van der Waals surface area contributed by atoms with Gasteiger partial charge in [0.25, 0.3) is 0 Å². The van der Waals surface area contributed by atoms with E-state index >= 15 is 0 Å². The van der Waals surface area contributed by atoms with Crippen molar-refractivity contribution in [2.75, 3.05) is 26.2 Å². The molecule has 2 fully saturated rings. The molecule has 4 heterocycles.